The maximum atomic E-state index is 12.5. The molecule has 0 saturated heterocycles. The summed E-state index contributed by atoms with van der Waals surface area (Å²) in [5.74, 6) is 0. The van der Waals surface area contributed by atoms with Crippen LogP contribution in [0.1, 0.15) is 11.1 Å². The van der Waals surface area contributed by atoms with Gasteiger partial charge in [-0.05, 0) is 12.5 Å². The van der Waals surface area contributed by atoms with Gasteiger partial charge >= 0.3 is 11.8 Å². The van der Waals surface area contributed by atoms with E-state index in [0.29, 0.717) is 5.56 Å². The molecule has 73 valence electrons. The van der Waals surface area contributed by atoms with E-state index in [0.717, 1.165) is 0 Å². The van der Waals surface area contributed by atoms with Crippen molar-refractivity contribution in [2.45, 2.75) is 11.8 Å². The van der Waals surface area contributed by atoms with Crippen LogP contribution in [0.2, 0.25) is 0 Å². The fraction of sp³-hybridized carbons (Fsp3) is 0.222. The van der Waals surface area contributed by atoms with E-state index < -0.39 is 11.8 Å². The topological polar surface area (TPSA) is 24.7 Å². The van der Waals surface area contributed by atoms with Gasteiger partial charge < -0.3 is 0 Å². The second-order valence-corrected chi connectivity index (χ2v) is 3.07. The van der Waals surface area contributed by atoms with Crippen molar-refractivity contribution < 1.29 is 13.2 Å². The number of benzene rings is 1. The van der Waals surface area contributed by atoms with E-state index in [9.17, 15) is 13.2 Å². The van der Waals surface area contributed by atoms with Crippen molar-refractivity contribution in [2.24, 2.45) is 10.2 Å². The Hall–Kier alpha value is -1.39. The van der Waals surface area contributed by atoms with Crippen LogP contribution < -0.4 is 0 Å². The molecular weight excluding hydrogens is 193 g/mol. The van der Waals surface area contributed by atoms with Crippen molar-refractivity contribution in [1.29, 1.82) is 0 Å². The van der Waals surface area contributed by atoms with E-state index in [1.54, 1.807) is 0 Å². The third-order valence-corrected chi connectivity index (χ3v) is 2.05. The van der Waals surface area contributed by atoms with Gasteiger partial charge in [0.25, 0.3) is 0 Å². The molecule has 1 aromatic carbocycles. The molecule has 1 aliphatic heterocycles. The molecule has 0 atom stereocenters. The first-order valence-corrected chi connectivity index (χ1v) is 3.89. The summed E-state index contributed by atoms with van der Waals surface area (Å²) in [6, 6.07) is 5.70. The van der Waals surface area contributed by atoms with E-state index >= 15 is 0 Å². The molecular formula is C9H6F3N2. The summed E-state index contributed by atoms with van der Waals surface area (Å²) in [7, 11) is 0. The molecule has 0 amide bonds. The van der Waals surface area contributed by atoms with Crippen LogP contribution in [0.25, 0.3) is 0 Å². The number of nitrogens with zero attached hydrogens (tertiary/aromatic N) is 2. The van der Waals surface area contributed by atoms with Crippen LogP contribution in [0.15, 0.2) is 34.5 Å². The molecule has 2 nitrogen and oxygen atoms in total. The smallest absolute Gasteiger partial charge is 0.166 e. The van der Waals surface area contributed by atoms with Gasteiger partial charge in [0.2, 0.25) is 0 Å². The zero-order chi connectivity index (χ0) is 10.4. The van der Waals surface area contributed by atoms with E-state index in [2.05, 4.69) is 17.2 Å². The molecule has 0 unspecified atom stereocenters. The summed E-state index contributed by atoms with van der Waals surface area (Å²) >= 11 is 0. The van der Waals surface area contributed by atoms with Crippen LogP contribution in [0.4, 0.5) is 13.2 Å². The zero-order valence-corrected chi connectivity index (χ0v) is 7.04. The Bertz CT molecular complexity index is 372. The van der Waals surface area contributed by atoms with Crippen LogP contribution in [0, 0.1) is 6.92 Å². The average molecular weight is 199 g/mol. The number of hydrogen-bond acceptors (Lipinski definition) is 2. The minimum absolute atomic E-state index is 0.0393. The van der Waals surface area contributed by atoms with E-state index in [4.69, 9.17) is 0 Å². The van der Waals surface area contributed by atoms with Crippen LogP contribution in [-0.4, -0.2) is 6.18 Å². The molecule has 0 aromatic heterocycles. The SMILES string of the molecule is [CH2]c1ccc(C2(C(F)(F)F)N=N2)cc1. The van der Waals surface area contributed by atoms with Gasteiger partial charge in [0, 0.05) is 5.56 Å². The molecule has 1 aromatic rings. The molecule has 5 heteroatoms. The van der Waals surface area contributed by atoms with Gasteiger partial charge in [-0.3, -0.25) is 0 Å². The Morgan fingerprint density at radius 3 is 1.93 bits per heavy atom. The Labute approximate surface area is 78.5 Å². The van der Waals surface area contributed by atoms with Gasteiger partial charge in [-0.25, -0.2) is 0 Å². The maximum Gasteiger partial charge on any atom is 0.442 e. The molecule has 0 fully saturated rings. The van der Waals surface area contributed by atoms with E-state index in [-0.39, 0.29) is 5.56 Å². The molecule has 1 radical (unpaired) electrons. The Morgan fingerprint density at radius 2 is 1.57 bits per heavy atom. The van der Waals surface area contributed by atoms with Crippen molar-refractivity contribution in [2.75, 3.05) is 0 Å². The largest absolute Gasteiger partial charge is 0.442 e. The van der Waals surface area contributed by atoms with E-state index in [1.807, 2.05) is 0 Å². The summed E-state index contributed by atoms with van der Waals surface area (Å²) in [5, 5.41) is 6.17. The number of alkyl halides is 3. The van der Waals surface area contributed by atoms with Gasteiger partial charge in [0.15, 0.2) is 0 Å². The van der Waals surface area contributed by atoms with Crippen molar-refractivity contribution in [3.63, 3.8) is 0 Å². The Morgan fingerprint density at radius 1 is 1.07 bits per heavy atom. The quantitative estimate of drug-likeness (QED) is 0.664. The molecule has 2 rings (SSSR count). The molecule has 14 heavy (non-hydrogen) atoms. The monoisotopic (exact) mass is 199 g/mol. The first-order chi connectivity index (χ1) is 6.46. The van der Waals surface area contributed by atoms with Crippen LogP contribution in [-0.2, 0) is 5.66 Å². The minimum atomic E-state index is -4.45. The summed E-state index contributed by atoms with van der Waals surface area (Å²) in [5.41, 5.74) is -1.61. The highest BCUT2D eigenvalue weighted by atomic mass is 19.4. The third kappa shape index (κ3) is 1.20. The molecule has 1 aliphatic rings. The predicted octanol–water partition coefficient (Wildman–Crippen LogP) is 3.05. The van der Waals surface area contributed by atoms with Gasteiger partial charge in [-0.2, -0.15) is 13.2 Å². The average Bonchev–Trinajstić information content (AvgIpc) is 2.84. The lowest BCUT2D eigenvalue weighted by Gasteiger charge is -2.14. The highest BCUT2D eigenvalue weighted by molar-refractivity contribution is 5.33. The van der Waals surface area contributed by atoms with Gasteiger partial charge in [-0.1, -0.05) is 24.3 Å². The van der Waals surface area contributed by atoms with Crippen molar-refractivity contribution in [3.05, 3.63) is 42.3 Å². The Kier molecular flexibility index (Phi) is 1.68. The number of hydrogen-bond donors (Lipinski definition) is 0. The van der Waals surface area contributed by atoms with Crippen LogP contribution in [0.3, 0.4) is 0 Å². The maximum absolute atomic E-state index is 12.5. The van der Waals surface area contributed by atoms with Crippen molar-refractivity contribution in [1.82, 2.24) is 0 Å². The predicted molar refractivity (Wildman–Crippen MR) is 43.5 cm³/mol. The molecule has 0 N–H and O–H groups in total. The molecule has 0 spiro atoms. The molecule has 0 saturated carbocycles. The van der Waals surface area contributed by atoms with Gasteiger partial charge in [0.05, 0.1) is 0 Å². The Balaban J connectivity index is 2.37. The second kappa shape index (κ2) is 2.56. The lowest BCUT2D eigenvalue weighted by Crippen LogP contribution is -2.29. The highest BCUT2D eigenvalue weighted by Crippen LogP contribution is 2.52. The third-order valence-electron chi connectivity index (χ3n) is 2.05. The molecule has 1 heterocycles. The summed E-state index contributed by atoms with van der Waals surface area (Å²) in [4.78, 5) is 0. The fourth-order valence-electron chi connectivity index (χ4n) is 1.18. The second-order valence-electron chi connectivity index (χ2n) is 3.07. The standard InChI is InChI=1S/C9H6F3N2/c1-6-2-4-7(5-3-6)8(13-14-8)9(10,11)12/h2-5H,1H2. The summed E-state index contributed by atoms with van der Waals surface area (Å²) in [6.45, 7) is 3.58. The highest BCUT2D eigenvalue weighted by Gasteiger charge is 2.65. The van der Waals surface area contributed by atoms with Crippen molar-refractivity contribution >= 4 is 0 Å². The van der Waals surface area contributed by atoms with Crippen LogP contribution >= 0.6 is 0 Å². The van der Waals surface area contributed by atoms with Gasteiger partial charge in [0.1, 0.15) is 0 Å². The summed E-state index contributed by atoms with van der Waals surface area (Å²) in [6.07, 6.45) is -4.45. The normalized spacial score (nSPS) is 18.3. The fourth-order valence-corrected chi connectivity index (χ4v) is 1.18. The summed E-state index contributed by atoms with van der Waals surface area (Å²) < 4.78 is 37.4. The molecule has 0 aliphatic carbocycles. The molecule has 0 bridgehead atoms. The lowest BCUT2D eigenvalue weighted by atomic mass is 10.0. The first-order valence-electron chi connectivity index (χ1n) is 3.89. The van der Waals surface area contributed by atoms with Crippen LogP contribution in [0.5, 0.6) is 0 Å². The number of halogens is 3. The minimum Gasteiger partial charge on any atom is -0.166 e. The lowest BCUT2D eigenvalue weighted by molar-refractivity contribution is -0.166. The van der Waals surface area contributed by atoms with Crippen molar-refractivity contribution in [3.8, 4) is 0 Å². The van der Waals surface area contributed by atoms with E-state index in [1.165, 1.54) is 24.3 Å². The zero-order valence-electron chi connectivity index (χ0n) is 7.04. The number of rotatable bonds is 1. The first kappa shape index (κ1) is 9.18. The van der Waals surface area contributed by atoms with Gasteiger partial charge in [-0.15, -0.1) is 10.2 Å².